The highest BCUT2D eigenvalue weighted by molar-refractivity contribution is 8.00. The van der Waals surface area contributed by atoms with E-state index in [-0.39, 0.29) is 5.91 Å². The van der Waals surface area contributed by atoms with Crippen molar-refractivity contribution < 1.29 is 14.3 Å². The van der Waals surface area contributed by atoms with E-state index in [2.05, 4.69) is 10.6 Å². The largest absolute Gasteiger partial charge is 0.450 e. The molecule has 0 fully saturated rings. The smallest absolute Gasteiger partial charge is 0.411 e. The number of nitrogens with one attached hydrogen (secondary N) is 2. The standard InChI is InChI=1S/C11H12N2O3S/c1-2-16-11(15)12-7-3-4-9-8(5-7)13-10(14)6-17-9/h3-5H,2,6H2,1H3,(H,12,15)(H,13,14). The highest BCUT2D eigenvalue weighted by Crippen LogP contribution is 2.33. The van der Waals surface area contributed by atoms with Crippen LogP contribution in [0.1, 0.15) is 6.92 Å². The summed E-state index contributed by atoms with van der Waals surface area (Å²) in [7, 11) is 0. The second kappa shape index (κ2) is 5.09. The number of benzene rings is 1. The lowest BCUT2D eigenvalue weighted by Gasteiger charge is -2.17. The fourth-order valence-electron chi connectivity index (χ4n) is 1.45. The molecule has 1 aromatic rings. The average Bonchev–Trinajstić information content (AvgIpc) is 2.28. The maximum Gasteiger partial charge on any atom is 0.411 e. The zero-order chi connectivity index (χ0) is 12.3. The molecule has 0 saturated carbocycles. The third-order valence-corrected chi connectivity index (χ3v) is 3.21. The number of anilines is 2. The summed E-state index contributed by atoms with van der Waals surface area (Å²) in [5, 5.41) is 5.34. The Balaban J connectivity index is 2.13. The molecule has 5 nitrogen and oxygen atoms in total. The maximum atomic E-state index is 11.2. The molecule has 0 aliphatic carbocycles. The molecule has 1 heterocycles. The van der Waals surface area contributed by atoms with E-state index in [0.29, 0.717) is 18.0 Å². The van der Waals surface area contributed by atoms with Gasteiger partial charge < -0.3 is 10.1 Å². The number of thioether (sulfide) groups is 1. The summed E-state index contributed by atoms with van der Waals surface area (Å²) >= 11 is 1.48. The van der Waals surface area contributed by atoms with Crippen LogP contribution in [0, 0.1) is 0 Å². The van der Waals surface area contributed by atoms with E-state index in [9.17, 15) is 9.59 Å². The summed E-state index contributed by atoms with van der Waals surface area (Å²) in [5.41, 5.74) is 1.32. The normalized spacial score (nSPS) is 13.6. The number of rotatable bonds is 2. The number of ether oxygens (including phenoxy) is 1. The molecular formula is C11H12N2O3S. The lowest BCUT2D eigenvalue weighted by molar-refractivity contribution is -0.113. The summed E-state index contributed by atoms with van der Waals surface area (Å²) in [6.07, 6.45) is -0.498. The third kappa shape index (κ3) is 2.91. The van der Waals surface area contributed by atoms with Crippen molar-refractivity contribution in [2.24, 2.45) is 0 Å². The highest BCUT2D eigenvalue weighted by atomic mass is 32.2. The average molecular weight is 252 g/mol. The number of amides is 2. The summed E-state index contributed by atoms with van der Waals surface area (Å²) in [4.78, 5) is 23.4. The van der Waals surface area contributed by atoms with Crippen molar-refractivity contribution in [3.05, 3.63) is 18.2 Å². The highest BCUT2D eigenvalue weighted by Gasteiger charge is 2.15. The minimum atomic E-state index is -0.498. The molecule has 2 amide bonds. The van der Waals surface area contributed by atoms with Gasteiger partial charge >= 0.3 is 6.09 Å². The number of carbonyl (C=O) groups excluding carboxylic acids is 2. The zero-order valence-electron chi connectivity index (χ0n) is 9.28. The molecule has 0 atom stereocenters. The molecule has 0 radical (unpaired) electrons. The van der Waals surface area contributed by atoms with Crippen molar-refractivity contribution in [2.75, 3.05) is 23.0 Å². The molecule has 0 spiro atoms. The number of hydrogen-bond acceptors (Lipinski definition) is 4. The Morgan fingerprint density at radius 1 is 1.59 bits per heavy atom. The summed E-state index contributed by atoms with van der Waals surface area (Å²) in [6, 6.07) is 5.36. The van der Waals surface area contributed by atoms with E-state index in [1.165, 1.54) is 11.8 Å². The summed E-state index contributed by atoms with van der Waals surface area (Å²) in [6.45, 7) is 2.06. The zero-order valence-corrected chi connectivity index (χ0v) is 10.1. The number of hydrogen-bond donors (Lipinski definition) is 2. The van der Waals surface area contributed by atoms with E-state index in [1.54, 1.807) is 19.1 Å². The van der Waals surface area contributed by atoms with Crippen LogP contribution in [0.5, 0.6) is 0 Å². The molecule has 0 aromatic heterocycles. The van der Waals surface area contributed by atoms with Crippen LogP contribution in [0.25, 0.3) is 0 Å². The first-order valence-corrected chi connectivity index (χ1v) is 6.18. The fraction of sp³-hybridized carbons (Fsp3) is 0.273. The minimum absolute atomic E-state index is 0.0317. The van der Waals surface area contributed by atoms with E-state index in [1.807, 2.05) is 6.07 Å². The predicted octanol–water partition coefficient (Wildman–Crippen LogP) is 2.30. The van der Waals surface area contributed by atoms with Gasteiger partial charge in [0.25, 0.3) is 0 Å². The van der Waals surface area contributed by atoms with Crippen molar-refractivity contribution in [3.8, 4) is 0 Å². The Morgan fingerprint density at radius 2 is 2.41 bits per heavy atom. The molecular weight excluding hydrogens is 240 g/mol. The molecule has 1 aliphatic heterocycles. The summed E-state index contributed by atoms with van der Waals surface area (Å²) < 4.78 is 4.77. The van der Waals surface area contributed by atoms with E-state index in [4.69, 9.17) is 4.74 Å². The van der Waals surface area contributed by atoms with Crippen molar-refractivity contribution in [1.29, 1.82) is 0 Å². The Kier molecular flexibility index (Phi) is 3.53. The second-order valence-electron chi connectivity index (χ2n) is 3.39. The Morgan fingerprint density at radius 3 is 3.18 bits per heavy atom. The molecule has 2 rings (SSSR count). The van der Waals surface area contributed by atoms with Crippen LogP contribution in [0.15, 0.2) is 23.1 Å². The molecule has 0 unspecified atom stereocenters. The van der Waals surface area contributed by atoms with Crippen LogP contribution in [-0.4, -0.2) is 24.4 Å². The van der Waals surface area contributed by atoms with Crippen LogP contribution in [0.3, 0.4) is 0 Å². The molecule has 0 saturated heterocycles. The van der Waals surface area contributed by atoms with Gasteiger partial charge in [-0.25, -0.2) is 4.79 Å². The monoisotopic (exact) mass is 252 g/mol. The van der Waals surface area contributed by atoms with Gasteiger partial charge in [0.1, 0.15) is 0 Å². The van der Waals surface area contributed by atoms with Gasteiger partial charge in [-0.1, -0.05) is 0 Å². The molecule has 6 heteroatoms. The molecule has 2 N–H and O–H groups in total. The molecule has 90 valence electrons. The predicted molar refractivity (Wildman–Crippen MR) is 66.4 cm³/mol. The van der Waals surface area contributed by atoms with E-state index >= 15 is 0 Å². The number of carbonyl (C=O) groups is 2. The van der Waals surface area contributed by atoms with Gasteiger partial charge in [-0.3, -0.25) is 10.1 Å². The molecule has 1 aliphatic rings. The van der Waals surface area contributed by atoms with Crippen molar-refractivity contribution >= 4 is 35.1 Å². The van der Waals surface area contributed by atoms with Gasteiger partial charge in [0.05, 0.1) is 18.0 Å². The van der Waals surface area contributed by atoms with Gasteiger partial charge in [0.2, 0.25) is 5.91 Å². The topological polar surface area (TPSA) is 67.4 Å². The first kappa shape index (κ1) is 11.8. The van der Waals surface area contributed by atoms with Gasteiger partial charge in [-0.15, -0.1) is 11.8 Å². The quantitative estimate of drug-likeness (QED) is 0.847. The van der Waals surface area contributed by atoms with Gasteiger partial charge in [-0.2, -0.15) is 0 Å². The van der Waals surface area contributed by atoms with Crippen LogP contribution >= 0.6 is 11.8 Å². The molecule has 1 aromatic carbocycles. The van der Waals surface area contributed by atoms with Crippen molar-refractivity contribution in [2.45, 2.75) is 11.8 Å². The van der Waals surface area contributed by atoms with Gasteiger partial charge in [0, 0.05) is 10.6 Å². The Labute approximate surface area is 103 Å². The lowest BCUT2D eigenvalue weighted by Crippen LogP contribution is -2.19. The maximum absolute atomic E-state index is 11.2. The van der Waals surface area contributed by atoms with E-state index < -0.39 is 6.09 Å². The van der Waals surface area contributed by atoms with Crippen LogP contribution in [0.2, 0.25) is 0 Å². The van der Waals surface area contributed by atoms with E-state index in [0.717, 1.165) is 10.6 Å². The number of fused-ring (bicyclic) bond motifs is 1. The third-order valence-electron chi connectivity index (χ3n) is 2.13. The second-order valence-corrected chi connectivity index (χ2v) is 4.41. The van der Waals surface area contributed by atoms with Crippen LogP contribution < -0.4 is 10.6 Å². The fourth-order valence-corrected chi connectivity index (χ4v) is 2.23. The lowest BCUT2D eigenvalue weighted by atomic mass is 10.2. The first-order valence-electron chi connectivity index (χ1n) is 5.19. The van der Waals surface area contributed by atoms with Crippen LogP contribution in [-0.2, 0) is 9.53 Å². The molecule has 0 bridgehead atoms. The van der Waals surface area contributed by atoms with Crippen molar-refractivity contribution in [3.63, 3.8) is 0 Å². The minimum Gasteiger partial charge on any atom is -0.450 e. The van der Waals surface area contributed by atoms with Crippen molar-refractivity contribution in [1.82, 2.24) is 0 Å². The van der Waals surface area contributed by atoms with Gasteiger partial charge in [0.15, 0.2) is 0 Å². The van der Waals surface area contributed by atoms with Crippen LogP contribution in [0.4, 0.5) is 16.2 Å². The Hall–Kier alpha value is -1.69. The molecule has 17 heavy (non-hydrogen) atoms. The SMILES string of the molecule is CCOC(=O)Nc1ccc2c(c1)NC(=O)CS2. The van der Waals surface area contributed by atoms with Gasteiger partial charge in [-0.05, 0) is 25.1 Å². The first-order chi connectivity index (χ1) is 8.19. The summed E-state index contributed by atoms with van der Waals surface area (Å²) in [5.74, 6) is 0.397. The Bertz CT molecular complexity index is 462.